The van der Waals surface area contributed by atoms with E-state index in [0.29, 0.717) is 18.1 Å². The maximum Gasteiger partial charge on any atom is 0.123 e. The van der Waals surface area contributed by atoms with Gasteiger partial charge in [-0.3, -0.25) is 0 Å². The van der Waals surface area contributed by atoms with Gasteiger partial charge in [0.2, 0.25) is 0 Å². The maximum atomic E-state index is 13.0. The highest BCUT2D eigenvalue weighted by Gasteiger charge is 2.16. The molecule has 0 heterocycles. The Bertz CT molecular complexity index is 388. The summed E-state index contributed by atoms with van der Waals surface area (Å²) < 4.78 is 13.0. The molecule has 0 radical (unpaired) electrons. The molecule has 0 aliphatic rings. The predicted octanol–water partition coefficient (Wildman–Crippen LogP) is 4.61. The van der Waals surface area contributed by atoms with Crippen molar-refractivity contribution in [2.75, 3.05) is 6.54 Å². The third-order valence-electron chi connectivity index (χ3n) is 2.52. The molecule has 0 spiro atoms. The average Bonchev–Trinajstić information content (AvgIpc) is 2.20. The minimum Gasteiger partial charge on any atom is -0.311 e. The van der Waals surface area contributed by atoms with Crippen LogP contribution in [0.2, 0.25) is 5.02 Å². The van der Waals surface area contributed by atoms with E-state index in [2.05, 4.69) is 26.1 Å². The van der Waals surface area contributed by atoms with Gasteiger partial charge < -0.3 is 5.32 Å². The van der Waals surface area contributed by atoms with Crippen LogP contribution in [0.5, 0.6) is 0 Å². The van der Waals surface area contributed by atoms with Crippen molar-refractivity contribution < 1.29 is 4.39 Å². The largest absolute Gasteiger partial charge is 0.311 e. The van der Waals surface area contributed by atoms with E-state index in [1.165, 1.54) is 12.1 Å². The molecule has 1 aromatic rings. The standard InChI is InChI=1S/C14H20Cl2FN/c1-14(2,3)7-11(15)9-18-8-10-6-12(17)4-5-13(10)16/h4-6,11,18H,7-9H2,1-3H3. The van der Waals surface area contributed by atoms with Crippen LogP contribution in [-0.4, -0.2) is 11.9 Å². The Morgan fingerprint density at radius 2 is 2.00 bits per heavy atom. The summed E-state index contributed by atoms with van der Waals surface area (Å²) in [7, 11) is 0. The lowest BCUT2D eigenvalue weighted by molar-refractivity contribution is 0.364. The fraction of sp³-hybridized carbons (Fsp3) is 0.571. The van der Waals surface area contributed by atoms with Crippen LogP contribution in [0.25, 0.3) is 0 Å². The molecule has 4 heteroatoms. The van der Waals surface area contributed by atoms with Gasteiger partial charge in [-0.15, -0.1) is 11.6 Å². The van der Waals surface area contributed by atoms with Crippen molar-refractivity contribution in [1.82, 2.24) is 5.32 Å². The van der Waals surface area contributed by atoms with Crippen molar-refractivity contribution in [3.63, 3.8) is 0 Å². The quantitative estimate of drug-likeness (QED) is 0.781. The summed E-state index contributed by atoms with van der Waals surface area (Å²) in [6.07, 6.45) is 0.929. The van der Waals surface area contributed by atoms with Gasteiger partial charge in [0.05, 0.1) is 0 Å². The van der Waals surface area contributed by atoms with Crippen molar-refractivity contribution in [3.05, 3.63) is 34.6 Å². The summed E-state index contributed by atoms with van der Waals surface area (Å²) in [5.74, 6) is -0.270. The highest BCUT2D eigenvalue weighted by molar-refractivity contribution is 6.31. The van der Waals surface area contributed by atoms with Gasteiger partial charge in [0, 0.05) is 23.5 Å². The van der Waals surface area contributed by atoms with Crippen LogP contribution in [0, 0.1) is 11.2 Å². The lowest BCUT2D eigenvalue weighted by Crippen LogP contribution is -2.26. The Hall–Kier alpha value is -0.310. The molecule has 1 aromatic carbocycles. The van der Waals surface area contributed by atoms with E-state index in [9.17, 15) is 4.39 Å². The Labute approximate surface area is 119 Å². The second-order valence-corrected chi connectivity index (χ2v) is 6.75. The molecular formula is C14H20Cl2FN. The zero-order valence-electron chi connectivity index (χ0n) is 11.1. The van der Waals surface area contributed by atoms with Crippen molar-refractivity contribution in [2.24, 2.45) is 5.41 Å². The molecule has 0 fully saturated rings. The molecule has 0 aliphatic carbocycles. The van der Waals surface area contributed by atoms with E-state index in [-0.39, 0.29) is 16.6 Å². The number of alkyl halides is 1. The molecule has 0 amide bonds. The van der Waals surface area contributed by atoms with Gasteiger partial charge in [0.25, 0.3) is 0 Å². The van der Waals surface area contributed by atoms with Gasteiger partial charge in [0.15, 0.2) is 0 Å². The summed E-state index contributed by atoms with van der Waals surface area (Å²) in [5, 5.41) is 3.85. The zero-order valence-corrected chi connectivity index (χ0v) is 12.6. The van der Waals surface area contributed by atoms with Crippen LogP contribution in [0.4, 0.5) is 4.39 Å². The van der Waals surface area contributed by atoms with Crippen molar-refractivity contribution in [3.8, 4) is 0 Å². The number of benzene rings is 1. The molecule has 0 saturated heterocycles. The van der Waals surface area contributed by atoms with Crippen LogP contribution in [0.1, 0.15) is 32.8 Å². The topological polar surface area (TPSA) is 12.0 Å². The molecule has 0 bridgehead atoms. The van der Waals surface area contributed by atoms with Crippen LogP contribution >= 0.6 is 23.2 Å². The number of hydrogen-bond acceptors (Lipinski definition) is 1. The molecule has 18 heavy (non-hydrogen) atoms. The molecule has 1 rings (SSSR count). The molecule has 1 atom stereocenters. The van der Waals surface area contributed by atoms with E-state index in [0.717, 1.165) is 12.0 Å². The average molecular weight is 292 g/mol. The van der Waals surface area contributed by atoms with Crippen LogP contribution in [0.15, 0.2) is 18.2 Å². The molecule has 0 saturated carbocycles. The molecule has 0 aliphatic heterocycles. The van der Waals surface area contributed by atoms with Gasteiger partial charge in [0.1, 0.15) is 5.82 Å². The highest BCUT2D eigenvalue weighted by atomic mass is 35.5. The maximum absolute atomic E-state index is 13.0. The van der Waals surface area contributed by atoms with Crippen molar-refractivity contribution >= 4 is 23.2 Å². The van der Waals surface area contributed by atoms with Crippen LogP contribution < -0.4 is 5.32 Å². The predicted molar refractivity (Wildman–Crippen MR) is 76.8 cm³/mol. The monoisotopic (exact) mass is 291 g/mol. The van der Waals surface area contributed by atoms with Gasteiger partial charge >= 0.3 is 0 Å². The molecule has 1 nitrogen and oxygen atoms in total. The Morgan fingerprint density at radius 1 is 1.33 bits per heavy atom. The van der Waals surface area contributed by atoms with E-state index < -0.39 is 0 Å². The minimum atomic E-state index is -0.270. The number of rotatable bonds is 5. The first-order chi connectivity index (χ1) is 8.28. The van der Waals surface area contributed by atoms with Gasteiger partial charge in [-0.25, -0.2) is 4.39 Å². The molecule has 102 valence electrons. The van der Waals surface area contributed by atoms with E-state index in [1.807, 2.05) is 0 Å². The molecule has 1 N–H and O–H groups in total. The fourth-order valence-electron chi connectivity index (χ4n) is 1.78. The van der Waals surface area contributed by atoms with Crippen LogP contribution in [0.3, 0.4) is 0 Å². The summed E-state index contributed by atoms with van der Waals surface area (Å²) in [4.78, 5) is 0. The highest BCUT2D eigenvalue weighted by Crippen LogP contribution is 2.23. The van der Waals surface area contributed by atoms with E-state index in [4.69, 9.17) is 23.2 Å². The van der Waals surface area contributed by atoms with Gasteiger partial charge in [-0.05, 0) is 35.6 Å². The van der Waals surface area contributed by atoms with E-state index in [1.54, 1.807) is 6.07 Å². The van der Waals surface area contributed by atoms with Crippen LogP contribution in [-0.2, 0) is 6.54 Å². The SMILES string of the molecule is CC(C)(C)CC(Cl)CNCc1cc(F)ccc1Cl. The third-order valence-corrected chi connectivity index (χ3v) is 3.20. The normalized spacial score (nSPS) is 13.7. The zero-order chi connectivity index (χ0) is 13.8. The molecule has 0 aromatic heterocycles. The second-order valence-electron chi connectivity index (χ2n) is 5.73. The summed E-state index contributed by atoms with van der Waals surface area (Å²) in [6, 6.07) is 4.37. The van der Waals surface area contributed by atoms with E-state index >= 15 is 0 Å². The minimum absolute atomic E-state index is 0.0670. The molecule has 1 unspecified atom stereocenters. The Morgan fingerprint density at radius 3 is 2.61 bits per heavy atom. The summed E-state index contributed by atoms with van der Waals surface area (Å²) in [6.45, 7) is 7.69. The summed E-state index contributed by atoms with van der Waals surface area (Å²) >= 11 is 12.2. The molecular weight excluding hydrogens is 272 g/mol. The smallest absolute Gasteiger partial charge is 0.123 e. The first-order valence-corrected chi connectivity index (χ1v) is 6.88. The van der Waals surface area contributed by atoms with Crippen molar-refractivity contribution in [1.29, 1.82) is 0 Å². The van der Waals surface area contributed by atoms with Crippen molar-refractivity contribution in [2.45, 2.75) is 39.1 Å². The first kappa shape index (κ1) is 15.7. The van der Waals surface area contributed by atoms with Gasteiger partial charge in [-0.2, -0.15) is 0 Å². The second kappa shape index (κ2) is 6.74. The number of hydrogen-bond donors (Lipinski definition) is 1. The first-order valence-electron chi connectivity index (χ1n) is 6.06. The fourth-order valence-corrected chi connectivity index (χ4v) is 2.54. The van der Waals surface area contributed by atoms with Gasteiger partial charge in [-0.1, -0.05) is 32.4 Å². The lowest BCUT2D eigenvalue weighted by Gasteiger charge is -2.22. The number of halogens is 3. The summed E-state index contributed by atoms with van der Waals surface area (Å²) in [5.41, 5.74) is 0.973. The third kappa shape index (κ3) is 6.03. The number of nitrogens with one attached hydrogen (secondary N) is 1. The Balaban J connectivity index is 2.40. The lowest BCUT2D eigenvalue weighted by atomic mass is 9.90. The Kier molecular flexibility index (Phi) is 5.90.